The van der Waals surface area contributed by atoms with Crippen LogP contribution in [0.3, 0.4) is 0 Å². The van der Waals surface area contributed by atoms with E-state index >= 15 is 0 Å². The van der Waals surface area contributed by atoms with Crippen LogP contribution in [0.4, 0.5) is 0 Å². The number of rotatable bonds is 8. The third-order valence-corrected chi connectivity index (χ3v) is 2.55. The van der Waals surface area contributed by atoms with E-state index in [-0.39, 0.29) is 23.9 Å². The van der Waals surface area contributed by atoms with Crippen molar-refractivity contribution in [1.82, 2.24) is 10.2 Å². The Balaban J connectivity index is 4.44. The minimum absolute atomic E-state index is 0.0254. The van der Waals surface area contributed by atoms with E-state index < -0.39 is 0 Å². The SMILES string of the molecule is C=CCCC(=O)N(CCCC)CC(=O)NC(C)(C)C. The van der Waals surface area contributed by atoms with Crippen LogP contribution in [0.15, 0.2) is 12.7 Å². The van der Waals surface area contributed by atoms with Gasteiger partial charge in [-0.25, -0.2) is 0 Å². The molecule has 0 aromatic heterocycles. The summed E-state index contributed by atoms with van der Waals surface area (Å²) in [6.45, 7) is 12.3. The van der Waals surface area contributed by atoms with Gasteiger partial charge in [0.2, 0.25) is 11.8 Å². The molecule has 0 spiro atoms. The van der Waals surface area contributed by atoms with Gasteiger partial charge in [0.15, 0.2) is 0 Å². The van der Waals surface area contributed by atoms with Crippen LogP contribution in [0.25, 0.3) is 0 Å². The summed E-state index contributed by atoms with van der Waals surface area (Å²) in [5.41, 5.74) is -0.266. The van der Waals surface area contributed by atoms with Gasteiger partial charge in [-0.3, -0.25) is 9.59 Å². The number of unbranched alkanes of at least 4 members (excludes halogenated alkanes) is 1. The van der Waals surface area contributed by atoms with Gasteiger partial charge in [0.25, 0.3) is 0 Å². The molecule has 0 aromatic carbocycles. The summed E-state index contributed by atoms with van der Waals surface area (Å²) in [6, 6.07) is 0. The molecular weight excluding hydrogens is 240 g/mol. The summed E-state index contributed by atoms with van der Waals surface area (Å²) in [5, 5.41) is 2.88. The summed E-state index contributed by atoms with van der Waals surface area (Å²) in [4.78, 5) is 25.5. The molecule has 0 saturated heterocycles. The Morgan fingerprint density at radius 3 is 2.42 bits per heavy atom. The highest BCUT2D eigenvalue weighted by molar-refractivity contribution is 5.85. The van der Waals surface area contributed by atoms with Crippen LogP contribution in [0.2, 0.25) is 0 Å². The van der Waals surface area contributed by atoms with E-state index in [4.69, 9.17) is 0 Å². The molecule has 0 aliphatic rings. The number of nitrogens with zero attached hydrogens (tertiary/aromatic N) is 1. The van der Waals surface area contributed by atoms with Crippen molar-refractivity contribution in [3.8, 4) is 0 Å². The molecule has 19 heavy (non-hydrogen) atoms. The van der Waals surface area contributed by atoms with E-state index in [1.165, 1.54) is 0 Å². The predicted molar refractivity (Wildman–Crippen MR) is 78.8 cm³/mol. The van der Waals surface area contributed by atoms with E-state index in [1.54, 1.807) is 11.0 Å². The second-order valence-corrected chi connectivity index (χ2v) is 5.79. The first-order valence-electron chi connectivity index (χ1n) is 7.00. The molecule has 0 aliphatic heterocycles. The summed E-state index contributed by atoms with van der Waals surface area (Å²) in [5.74, 6) is -0.0760. The van der Waals surface area contributed by atoms with Crippen molar-refractivity contribution in [2.45, 2.75) is 58.9 Å². The Hall–Kier alpha value is -1.32. The molecule has 0 radical (unpaired) electrons. The minimum Gasteiger partial charge on any atom is -0.350 e. The van der Waals surface area contributed by atoms with Gasteiger partial charge in [0, 0.05) is 18.5 Å². The van der Waals surface area contributed by atoms with E-state index in [1.807, 2.05) is 20.8 Å². The van der Waals surface area contributed by atoms with Crippen molar-refractivity contribution < 1.29 is 9.59 Å². The molecule has 0 saturated carbocycles. The fourth-order valence-corrected chi connectivity index (χ4v) is 1.66. The fraction of sp³-hybridized carbons (Fsp3) is 0.733. The Bertz CT molecular complexity index is 306. The third-order valence-electron chi connectivity index (χ3n) is 2.55. The van der Waals surface area contributed by atoms with Gasteiger partial charge in [-0.05, 0) is 33.6 Å². The molecule has 0 unspecified atom stereocenters. The first-order valence-corrected chi connectivity index (χ1v) is 7.00. The lowest BCUT2D eigenvalue weighted by molar-refractivity contribution is -0.136. The second-order valence-electron chi connectivity index (χ2n) is 5.79. The lowest BCUT2D eigenvalue weighted by Gasteiger charge is -2.26. The molecule has 1 N–H and O–H groups in total. The van der Waals surface area contributed by atoms with Crippen LogP contribution in [-0.2, 0) is 9.59 Å². The van der Waals surface area contributed by atoms with Gasteiger partial charge < -0.3 is 10.2 Å². The minimum atomic E-state index is -0.266. The van der Waals surface area contributed by atoms with Crippen LogP contribution in [0.5, 0.6) is 0 Å². The summed E-state index contributed by atoms with van der Waals surface area (Å²) >= 11 is 0. The topological polar surface area (TPSA) is 49.4 Å². The average molecular weight is 268 g/mol. The van der Waals surface area contributed by atoms with Crippen molar-refractivity contribution in [1.29, 1.82) is 0 Å². The standard InChI is InChI=1S/C15H28N2O2/c1-6-8-10-14(19)17(11-9-7-2)12-13(18)16-15(3,4)5/h6H,1,7-12H2,2-5H3,(H,16,18). The lowest BCUT2D eigenvalue weighted by atomic mass is 10.1. The lowest BCUT2D eigenvalue weighted by Crippen LogP contribution is -2.47. The van der Waals surface area contributed by atoms with Gasteiger partial charge in [-0.15, -0.1) is 6.58 Å². The highest BCUT2D eigenvalue weighted by Gasteiger charge is 2.19. The van der Waals surface area contributed by atoms with Crippen LogP contribution in [-0.4, -0.2) is 35.3 Å². The van der Waals surface area contributed by atoms with E-state index in [9.17, 15) is 9.59 Å². The number of allylic oxidation sites excluding steroid dienone is 1. The quantitative estimate of drug-likeness (QED) is 0.688. The molecular formula is C15H28N2O2. The smallest absolute Gasteiger partial charge is 0.240 e. The van der Waals surface area contributed by atoms with Gasteiger partial charge in [0.05, 0.1) is 6.54 Å². The monoisotopic (exact) mass is 268 g/mol. The zero-order valence-electron chi connectivity index (χ0n) is 12.8. The van der Waals surface area contributed by atoms with E-state index in [2.05, 4.69) is 18.8 Å². The van der Waals surface area contributed by atoms with Crippen molar-refractivity contribution in [2.75, 3.05) is 13.1 Å². The number of hydrogen-bond acceptors (Lipinski definition) is 2. The number of amides is 2. The molecule has 0 fully saturated rings. The first kappa shape index (κ1) is 17.7. The van der Waals surface area contributed by atoms with Crippen molar-refractivity contribution in [3.05, 3.63) is 12.7 Å². The molecule has 0 bridgehead atoms. The van der Waals surface area contributed by atoms with Crippen molar-refractivity contribution in [2.24, 2.45) is 0 Å². The Morgan fingerprint density at radius 2 is 1.95 bits per heavy atom. The van der Waals surface area contributed by atoms with Gasteiger partial charge in [0.1, 0.15) is 0 Å². The molecule has 0 aromatic rings. The molecule has 0 aliphatic carbocycles. The van der Waals surface area contributed by atoms with Crippen LogP contribution < -0.4 is 5.32 Å². The van der Waals surface area contributed by atoms with Crippen molar-refractivity contribution in [3.63, 3.8) is 0 Å². The van der Waals surface area contributed by atoms with Crippen LogP contribution in [0, 0.1) is 0 Å². The van der Waals surface area contributed by atoms with Gasteiger partial charge in [-0.1, -0.05) is 19.4 Å². The normalized spacial score (nSPS) is 10.9. The molecule has 4 nitrogen and oxygen atoms in total. The highest BCUT2D eigenvalue weighted by Crippen LogP contribution is 2.03. The summed E-state index contributed by atoms with van der Waals surface area (Å²) in [6.07, 6.45) is 4.73. The molecule has 0 heterocycles. The first-order chi connectivity index (χ1) is 8.80. The van der Waals surface area contributed by atoms with Crippen LogP contribution in [0.1, 0.15) is 53.4 Å². The maximum absolute atomic E-state index is 12.0. The zero-order valence-corrected chi connectivity index (χ0v) is 12.8. The molecule has 0 rings (SSSR count). The van der Waals surface area contributed by atoms with E-state index in [0.717, 1.165) is 12.8 Å². The summed E-state index contributed by atoms with van der Waals surface area (Å²) < 4.78 is 0. The van der Waals surface area contributed by atoms with Crippen LogP contribution >= 0.6 is 0 Å². The predicted octanol–water partition coefficient (Wildman–Crippen LogP) is 2.50. The zero-order chi connectivity index (χ0) is 14.9. The largest absolute Gasteiger partial charge is 0.350 e. The number of carbonyl (C=O) groups is 2. The Morgan fingerprint density at radius 1 is 1.32 bits per heavy atom. The third kappa shape index (κ3) is 9.28. The number of hydrogen-bond donors (Lipinski definition) is 1. The van der Waals surface area contributed by atoms with Gasteiger partial charge >= 0.3 is 0 Å². The maximum atomic E-state index is 12.0. The Kier molecular flexibility index (Phi) is 8.12. The summed E-state index contributed by atoms with van der Waals surface area (Å²) in [7, 11) is 0. The second kappa shape index (κ2) is 8.73. The molecule has 110 valence electrons. The van der Waals surface area contributed by atoms with Gasteiger partial charge in [-0.2, -0.15) is 0 Å². The molecule has 4 heteroatoms. The average Bonchev–Trinajstić information content (AvgIpc) is 2.29. The highest BCUT2D eigenvalue weighted by atomic mass is 16.2. The maximum Gasteiger partial charge on any atom is 0.240 e. The molecule has 2 amide bonds. The van der Waals surface area contributed by atoms with Crippen molar-refractivity contribution >= 4 is 11.8 Å². The molecule has 0 atom stereocenters. The Labute approximate surface area is 117 Å². The van der Waals surface area contributed by atoms with E-state index in [0.29, 0.717) is 19.4 Å². The fourth-order valence-electron chi connectivity index (χ4n) is 1.66. The number of carbonyl (C=O) groups excluding carboxylic acids is 2. The number of nitrogens with one attached hydrogen (secondary N) is 1.